The first-order valence-electron chi connectivity index (χ1n) is 12.4. The number of hydrogen-bond acceptors (Lipinski definition) is 4. The van der Waals surface area contributed by atoms with Gasteiger partial charge in [-0.2, -0.15) is 0 Å². The minimum atomic E-state index is -0.0271. The van der Waals surface area contributed by atoms with Gasteiger partial charge >= 0.3 is 0 Å². The molecule has 1 saturated heterocycles. The second-order valence-corrected chi connectivity index (χ2v) is 9.65. The van der Waals surface area contributed by atoms with Crippen LogP contribution in [0.4, 0.5) is 11.4 Å². The van der Waals surface area contributed by atoms with Crippen molar-refractivity contribution >= 4 is 28.2 Å². The second kappa shape index (κ2) is 9.92. The number of carbonyl (C=O) groups excluding carboxylic acids is 1. The summed E-state index contributed by atoms with van der Waals surface area (Å²) in [4.78, 5) is 20.2. The molecule has 5 nitrogen and oxygen atoms in total. The number of para-hydroxylation sites is 2. The lowest BCUT2D eigenvalue weighted by atomic mass is 9.75. The van der Waals surface area contributed by atoms with Crippen LogP contribution in [-0.4, -0.2) is 42.0 Å². The molecule has 1 saturated carbocycles. The largest absolute Gasteiger partial charge is 0.354 e. The van der Waals surface area contributed by atoms with Crippen LogP contribution in [0.2, 0.25) is 0 Å². The normalized spacial score (nSPS) is 20.9. The Kier molecular flexibility index (Phi) is 6.58. The maximum absolute atomic E-state index is 13.1. The van der Waals surface area contributed by atoms with Crippen LogP contribution in [0, 0.1) is 18.8 Å². The predicted octanol–water partition coefficient (Wildman–Crippen LogP) is 5.53. The van der Waals surface area contributed by atoms with Crippen molar-refractivity contribution in [3.63, 3.8) is 0 Å². The average Bonchev–Trinajstić information content (AvgIpc) is 2.84. The molecule has 1 amide bonds. The van der Waals surface area contributed by atoms with Gasteiger partial charge in [-0.05, 0) is 62.4 Å². The van der Waals surface area contributed by atoms with E-state index in [1.54, 1.807) is 0 Å². The third-order valence-corrected chi connectivity index (χ3v) is 7.37. The summed E-state index contributed by atoms with van der Waals surface area (Å²) < 4.78 is 0. The monoisotopic (exact) mass is 442 g/mol. The summed E-state index contributed by atoms with van der Waals surface area (Å²) in [7, 11) is 0. The number of likely N-dealkylation sites (tertiary alicyclic amines) is 1. The van der Waals surface area contributed by atoms with Crippen molar-refractivity contribution in [2.45, 2.75) is 39.0 Å². The molecule has 33 heavy (non-hydrogen) atoms. The number of aromatic nitrogens is 1. The molecule has 2 atom stereocenters. The number of anilines is 2. The van der Waals surface area contributed by atoms with Crippen molar-refractivity contribution in [2.24, 2.45) is 11.8 Å². The SMILES string of the molecule is Cc1cc(Nc2ccccc2C(=O)NCCN2CC[C@H]3CCCC[C@H]3C2)c2ccccc2n1. The Morgan fingerprint density at radius 2 is 1.79 bits per heavy atom. The van der Waals surface area contributed by atoms with E-state index < -0.39 is 0 Å². The van der Waals surface area contributed by atoms with Gasteiger partial charge in [0.1, 0.15) is 0 Å². The summed E-state index contributed by atoms with van der Waals surface area (Å²) in [5, 5.41) is 7.70. The molecule has 2 aliphatic rings. The molecule has 2 heterocycles. The van der Waals surface area contributed by atoms with E-state index in [9.17, 15) is 4.79 Å². The molecule has 0 bridgehead atoms. The van der Waals surface area contributed by atoms with Crippen LogP contribution in [0.5, 0.6) is 0 Å². The van der Waals surface area contributed by atoms with E-state index in [0.29, 0.717) is 12.1 Å². The number of rotatable bonds is 6. The molecule has 1 aliphatic heterocycles. The lowest BCUT2D eigenvalue weighted by Crippen LogP contribution is -2.44. The number of fused-ring (bicyclic) bond motifs is 2. The average molecular weight is 443 g/mol. The predicted molar refractivity (Wildman–Crippen MR) is 135 cm³/mol. The van der Waals surface area contributed by atoms with Gasteiger partial charge < -0.3 is 15.5 Å². The van der Waals surface area contributed by atoms with E-state index in [0.717, 1.165) is 46.4 Å². The van der Waals surface area contributed by atoms with Gasteiger partial charge in [-0.25, -0.2) is 0 Å². The molecular weight excluding hydrogens is 408 g/mol. The van der Waals surface area contributed by atoms with E-state index in [4.69, 9.17) is 0 Å². The summed E-state index contributed by atoms with van der Waals surface area (Å²) >= 11 is 0. The molecule has 5 heteroatoms. The van der Waals surface area contributed by atoms with Crippen LogP contribution >= 0.6 is 0 Å². The van der Waals surface area contributed by atoms with E-state index in [2.05, 4.69) is 26.6 Å². The highest BCUT2D eigenvalue weighted by Crippen LogP contribution is 2.35. The van der Waals surface area contributed by atoms with E-state index >= 15 is 0 Å². The Labute approximate surface area is 196 Å². The van der Waals surface area contributed by atoms with Gasteiger partial charge in [-0.15, -0.1) is 0 Å². The highest BCUT2D eigenvalue weighted by Gasteiger charge is 2.30. The molecule has 1 aliphatic carbocycles. The van der Waals surface area contributed by atoms with Gasteiger partial charge in [0.05, 0.1) is 16.8 Å². The molecule has 5 rings (SSSR count). The molecule has 0 spiro atoms. The fourth-order valence-electron chi connectivity index (χ4n) is 5.65. The van der Waals surface area contributed by atoms with Gasteiger partial charge in [-0.3, -0.25) is 9.78 Å². The molecular formula is C28H34N4O. The van der Waals surface area contributed by atoms with Crippen LogP contribution in [0.25, 0.3) is 10.9 Å². The Morgan fingerprint density at radius 3 is 2.70 bits per heavy atom. The number of hydrogen-bond donors (Lipinski definition) is 2. The Morgan fingerprint density at radius 1 is 1.00 bits per heavy atom. The number of aryl methyl sites for hydroxylation is 1. The lowest BCUT2D eigenvalue weighted by Gasteiger charge is -2.41. The number of benzene rings is 2. The number of nitrogens with one attached hydrogen (secondary N) is 2. The van der Waals surface area contributed by atoms with Gasteiger partial charge in [0.25, 0.3) is 5.91 Å². The first kappa shape index (κ1) is 21.9. The van der Waals surface area contributed by atoms with Gasteiger partial charge in [0.2, 0.25) is 0 Å². The first-order chi connectivity index (χ1) is 16.2. The van der Waals surface area contributed by atoms with E-state index in [1.807, 2.05) is 55.5 Å². The molecule has 0 unspecified atom stereocenters. The lowest BCUT2D eigenvalue weighted by molar-refractivity contribution is 0.0833. The minimum Gasteiger partial charge on any atom is -0.354 e. The minimum absolute atomic E-state index is 0.0271. The number of carbonyl (C=O) groups is 1. The molecule has 2 fully saturated rings. The summed E-state index contributed by atoms with van der Waals surface area (Å²) in [5.41, 5.74) is 4.34. The van der Waals surface area contributed by atoms with Crippen molar-refractivity contribution < 1.29 is 4.79 Å². The van der Waals surface area contributed by atoms with E-state index in [-0.39, 0.29) is 5.91 Å². The summed E-state index contributed by atoms with van der Waals surface area (Å²) in [5.74, 6) is 1.78. The fourth-order valence-corrected chi connectivity index (χ4v) is 5.65. The number of amides is 1. The standard InChI is InChI=1S/C28H34N4O/c1-20-18-27(23-10-4-6-12-25(23)30-20)31-26-13-7-5-11-24(26)28(33)29-15-17-32-16-14-21-8-2-3-9-22(21)19-32/h4-7,10-13,18,21-22H,2-3,8-9,14-17,19H2,1H3,(H,29,33)(H,30,31)/t21-,22+/m1/s1. The zero-order valence-electron chi connectivity index (χ0n) is 19.5. The highest BCUT2D eigenvalue weighted by molar-refractivity contribution is 6.02. The van der Waals surface area contributed by atoms with Gasteiger partial charge in [0.15, 0.2) is 0 Å². The van der Waals surface area contributed by atoms with Gasteiger partial charge in [0, 0.05) is 36.4 Å². The Hall–Kier alpha value is -2.92. The van der Waals surface area contributed by atoms with Crippen LogP contribution in [-0.2, 0) is 0 Å². The third-order valence-electron chi connectivity index (χ3n) is 7.37. The molecule has 3 aromatic rings. The van der Waals surface area contributed by atoms with Crippen LogP contribution in [0.3, 0.4) is 0 Å². The second-order valence-electron chi connectivity index (χ2n) is 9.65. The summed E-state index contributed by atoms with van der Waals surface area (Å²) in [6.45, 7) is 5.98. The molecule has 0 radical (unpaired) electrons. The molecule has 172 valence electrons. The van der Waals surface area contributed by atoms with Crippen LogP contribution in [0.15, 0.2) is 54.6 Å². The van der Waals surface area contributed by atoms with Crippen molar-refractivity contribution in [1.29, 1.82) is 0 Å². The van der Waals surface area contributed by atoms with Crippen molar-refractivity contribution in [3.8, 4) is 0 Å². The van der Waals surface area contributed by atoms with Crippen LogP contribution in [0.1, 0.15) is 48.2 Å². The zero-order chi connectivity index (χ0) is 22.6. The molecule has 2 N–H and O–H groups in total. The topological polar surface area (TPSA) is 57.3 Å². The first-order valence-corrected chi connectivity index (χ1v) is 12.4. The third kappa shape index (κ3) is 5.03. The zero-order valence-corrected chi connectivity index (χ0v) is 19.5. The van der Waals surface area contributed by atoms with Crippen molar-refractivity contribution in [3.05, 3.63) is 65.9 Å². The summed E-state index contributed by atoms with van der Waals surface area (Å²) in [6.07, 6.45) is 6.94. The number of nitrogens with zero attached hydrogens (tertiary/aromatic N) is 2. The summed E-state index contributed by atoms with van der Waals surface area (Å²) in [6, 6.07) is 17.9. The van der Waals surface area contributed by atoms with E-state index in [1.165, 1.54) is 45.2 Å². The van der Waals surface area contributed by atoms with Crippen molar-refractivity contribution in [1.82, 2.24) is 15.2 Å². The fraction of sp³-hybridized carbons (Fsp3) is 0.429. The maximum Gasteiger partial charge on any atom is 0.253 e. The maximum atomic E-state index is 13.1. The number of pyridine rings is 1. The van der Waals surface area contributed by atoms with Crippen LogP contribution < -0.4 is 10.6 Å². The highest BCUT2D eigenvalue weighted by atomic mass is 16.1. The molecule has 1 aromatic heterocycles. The smallest absolute Gasteiger partial charge is 0.253 e. The Balaban J connectivity index is 1.23. The molecule has 2 aromatic carbocycles. The quantitative estimate of drug-likeness (QED) is 0.527. The van der Waals surface area contributed by atoms with Gasteiger partial charge in [-0.1, -0.05) is 49.6 Å². The number of piperidine rings is 1. The Bertz CT molecular complexity index is 1130. The van der Waals surface area contributed by atoms with Crippen molar-refractivity contribution in [2.75, 3.05) is 31.5 Å².